The molecule has 2 atom stereocenters. The van der Waals surface area contributed by atoms with E-state index in [0.717, 1.165) is 50.0 Å². The van der Waals surface area contributed by atoms with Crippen LogP contribution in [0.4, 0.5) is 0 Å². The third-order valence-electron chi connectivity index (χ3n) is 7.66. The summed E-state index contributed by atoms with van der Waals surface area (Å²) in [6.45, 7) is 6.50. The lowest BCUT2D eigenvalue weighted by molar-refractivity contribution is -0.127. The van der Waals surface area contributed by atoms with E-state index in [2.05, 4.69) is 58.7 Å². The molecule has 0 aliphatic heterocycles. The number of carbonyl (C=O) groups excluding carboxylic acids is 1. The number of hydrogen-bond donors (Lipinski definition) is 1. The highest BCUT2D eigenvalue weighted by atomic mass is 16.3. The van der Waals surface area contributed by atoms with Crippen LogP contribution in [-0.4, -0.2) is 27.9 Å². The Morgan fingerprint density at radius 3 is 2.14 bits per heavy atom. The van der Waals surface area contributed by atoms with E-state index in [1.165, 1.54) is 0 Å². The third-order valence-corrected chi connectivity index (χ3v) is 7.66. The second kappa shape index (κ2) is 12.0. The van der Waals surface area contributed by atoms with Gasteiger partial charge in [0.15, 0.2) is 0 Å². The molecule has 4 aromatic carbocycles. The van der Waals surface area contributed by atoms with Crippen LogP contribution in [0.1, 0.15) is 43.7 Å². The molecule has 5 nitrogen and oxygen atoms in total. The summed E-state index contributed by atoms with van der Waals surface area (Å²) in [5, 5.41) is 5.20. The molecule has 42 heavy (non-hydrogen) atoms. The van der Waals surface area contributed by atoms with Crippen molar-refractivity contribution in [2.24, 2.45) is 0 Å². The van der Waals surface area contributed by atoms with Gasteiger partial charge in [-0.25, -0.2) is 4.98 Å². The topological polar surface area (TPSA) is 58.4 Å². The van der Waals surface area contributed by atoms with Gasteiger partial charge in [0.25, 0.3) is 0 Å². The fraction of sp³-hybridized carbons (Fsp3) is 0.189. The predicted molar refractivity (Wildman–Crippen MR) is 170 cm³/mol. The summed E-state index contributed by atoms with van der Waals surface area (Å²) in [5.41, 5.74) is 5.71. The SMILES string of the molecule is CC(C)NC(=O)C(C)N(Cc1ccccc1)C(c1cc2ccccc2o1)c1cc2ccccc2nc1-c1ccccc1. The molecule has 2 unspecified atom stereocenters. The molecular formula is C37H35N3O2. The second-order valence-electron chi connectivity index (χ2n) is 11.1. The second-order valence-corrected chi connectivity index (χ2v) is 11.1. The van der Waals surface area contributed by atoms with E-state index in [1.54, 1.807) is 0 Å². The fourth-order valence-electron chi connectivity index (χ4n) is 5.60. The van der Waals surface area contributed by atoms with Crippen LogP contribution in [0, 0.1) is 0 Å². The van der Waals surface area contributed by atoms with Crippen molar-refractivity contribution in [1.82, 2.24) is 15.2 Å². The van der Waals surface area contributed by atoms with Crippen LogP contribution in [0.15, 0.2) is 126 Å². The van der Waals surface area contributed by atoms with E-state index in [1.807, 2.05) is 93.6 Å². The highest BCUT2D eigenvalue weighted by molar-refractivity contribution is 5.85. The Morgan fingerprint density at radius 2 is 1.43 bits per heavy atom. The molecule has 0 saturated heterocycles. The molecule has 0 fully saturated rings. The Bertz CT molecular complexity index is 1780. The molecule has 1 N–H and O–H groups in total. The zero-order chi connectivity index (χ0) is 29.1. The number of nitrogens with zero attached hydrogens (tertiary/aromatic N) is 2. The van der Waals surface area contributed by atoms with Crippen LogP contribution in [0.25, 0.3) is 33.1 Å². The van der Waals surface area contributed by atoms with Gasteiger partial charge in [0.1, 0.15) is 11.3 Å². The van der Waals surface area contributed by atoms with Gasteiger partial charge in [-0.2, -0.15) is 0 Å². The van der Waals surface area contributed by atoms with Gasteiger partial charge in [0.2, 0.25) is 5.91 Å². The summed E-state index contributed by atoms with van der Waals surface area (Å²) in [6, 6.07) is 40.3. The lowest BCUT2D eigenvalue weighted by atomic mass is 9.93. The van der Waals surface area contributed by atoms with Crippen LogP contribution in [-0.2, 0) is 11.3 Å². The van der Waals surface area contributed by atoms with Gasteiger partial charge in [-0.15, -0.1) is 0 Å². The van der Waals surface area contributed by atoms with Crippen molar-refractivity contribution >= 4 is 27.8 Å². The largest absolute Gasteiger partial charge is 0.459 e. The van der Waals surface area contributed by atoms with Crippen molar-refractivity contribution in [3.63, 3.8) is 0 Å². The molecule has 0 radical (unpaired) electrons. The zero-order valence-electron chi connectivity index (χ0n) is 24.2. The Labute approximate surface area is 246 Å². The van der Waals surface area contributed by atoms with Gasteiger partial charge in [0.05, 0.1) is 23.3 Å². The maximum absolute atomic E-state index is 13.7. The molecule has 0 aliphatic carbocycles. The van der Waals surface area contributed by atoms with Gasteiger partial charge in [0, 0.05) is 34.5 Å². The summed E-state index contributed by atoms with van der Waals surface area (Å²) < 4.78 is 6.62. The Kier molecular flexibility index (Phi) is 7.85. The van der Waals surface area contributed by atoms with E-state index < -0.39 is 12.1 Å². The third kappa shape index (κ3) is 5.69. The van der Waals surface area contributed by atoms with Crippen molar-refractivity contribution in [1.29, 1.82) is 0 Å². The van der Waals surface area contributed by atoms with E-state index in [4.69, 9.17) is 9.40 Å². The summed E-state index contributed by atoms with van der Waals surface area (Å²) in [6.07, 6.45) is 0. The van der Waals surface area contributed by atoms with Crippen LogP contribution in [0.5, 0.6) is 0 Å². The fourth-order valence-corrected chi connectivity index (χ4v) is 5.60. The molecule has 0 aliphatic rings. The molecular weight excluding hydrogens is 518 g/mol. The van der Waals surface area contributed by atoms with Crippen LogP contribution in [0.3, 0.4) is 0 Å². The van der Waals surface area contributed by atoms with Crippen molar-refractivity contribution in [2.45, 2.75) is 45.4 Å². The number of pyridine rings is 1. The minimum absolute atomic E-state index is 0.0189. The Hall–Kier alpha value is -4.74. The Morgan fingerprint density at radius 1 is 0.786 bits per heavy atom. The first-order valence-electron chi connectivity index (χ1n) is 14.5. The number of aromatic nitrogens is 1. The monoisotopic (exact) mass is 553 g/mol. The van der Waals surface area contributed by atoms with Crippen molar-refractivity contribution in [3.05, 3.63) is 138 Å². The molecule has 6 rings (SSSR count). The van der Waals surface area contributed by atoms with Gasteiger partial charge < -0.3 is 9.73 Å². The average Bonchev–Trinajstić information content (AvgIpc) is 3.44. The lowest BCUT2D eigenvalue weighted by Crippen LogP contribution is -2.48. The molecule has 2 aromatic heterocycles. The van der Waals surface area contributed by atoms with Crippen LogP contribution < -0.4 is 5.32 Å². The normalized spacial score (nSPS) is 13.1. The molecule has 210 valence electrons. The van der Waals surface area contributed by atoms with E-state index in [0.29, 0.717) is 6.54 Å². The first-order chi connectivity index (χ1) is 20.5. The summed E-state index contributed by atoms with van der Waals surface area (Å²) in [5.74, 6) is 0.739. The van der Waals surface area contributed by atoms with E-state index in [-0.39, 0.29) is 11.9 Å². The number of fused-ring (bicyclic) bond motifs is 2. The number of amides is 1. The number of rotatable bonds is 9. The van der Waals surface area contributed by atoms with Gasteiger partial charge in [-0.05, 0) is 50.6 Å². The van der Waals surface area contributed by atoms with E-state index >= 15 is 0 Å². The number of para-hydroxylation sites is 2. The van der Waals surface area contributed by atoms with Crippen LogP contribution in [0.2, 0.25) is 0 Å². The maximum Gasteiger partial charge on any atom is 0.237 e. The Balaban J connectivity index is 1.62. The number of furan rings is 1. The molecule has 6 aromatic rings. The highest BCUT2D eigenvalue weighted by Gasteiger charge is 2.35. The number of carbonyl (C=O) groups is 1. The zero-order valence-corrected chi connectivity index (χ0v) is 24.2. The maximum atomic E-state index is 13.7. The molecule has 0 saturated carbocycles. The predicted octanol–water partition coefficient (Wildman–Crippen LogP) is 8.15. The highest BCUT2D eigenvalue weighted by Crippen LogP contribution is 2.40. The smallest absolute Gasteiger partial charge is 0.237 e. The minimum atomic E-state index is -0.471. The van der Waals surface area contributed by atoms with Crippen molar-refractivity contribution in [3.8, 4) is 11.3 Å². The molecule has 2 heterocycles. The van der Waals surface area contributed by atoms with Gasteiger partial charge >= 0.3 is 0 Å². The summed E-state index contributed by atoms with van der Waals surface area (Å²) >= 11 is 0. The van der Waals surface area contributed by atoms with Crippen molar-refractivity contribution in [2.75, 3.05) is 0 Å². The minimum Gasteiger partial charge on any atom is -0.459 e. The first kappa shape index (κ1) is 27.4. The van der Waals surface area contributed by atoms with Crippen molar-refractivity contribution < 1.29 is 9.21 Å². The standard InChI is InChI=1S/C37H35N3O2/c1-25(2)38-37(41)26(3)40(24-27-14-6-4-7-15-27)36(34-23-30-19-11-13-21-33(30)42-34)31-22-29-18-10-12-20-32(29)39-35(31)28-16-8-5-9-17-28/h4-23,25-26,36H,24H2,1-3H3,(H,38,41). The molecule has 1 amide bonds. The average molecular weight is 554 g/mol. The quantitative estimate of drug-likeness (QED) is 0.196. The summed E-state index contributed by atoms with van der Waals surface area (Å²) in [4.78, 5) is 21.2. The summed E-state index contributed by atoms with van der Waals surface area (Å²) in [7, 11) is 0. The molecule has 0 bridgehead atoms. The molecule has 5 heteroatoms. The van der Waals surface area contributed by atoms with E-state index in [9.17, 15) is 4.79 Å². The lowest BCUT2D eigenvalue weighted by Gasteiger charge is -2.36. The van der Waals surface area contributed by atoms with Gasteiger partial charge in [-0.1, -0.05) is 97.1 Å². The first-order valence-corrected chi connectivity index (χ1v) is 14.5. The van der Waals surface area contributed by atoms with Gasteiger partial charge in [-0.3, -0.25) is 9.69 Å². The number of hydrogen-bond acceptors (Lipinski definition) is 4. The number of nitrogens with one attached hydrogen (secondary N) is 1. The number of benzene rings is 4. The molecule has 0 spiro atoms. The van der Waals surface area contributed by atoms with Crippen LogP contribution >= 0.6 is 0 Å².